The van der Waals surface area contributed by atoms with Gasteiger partial charge in [-0.25, -0.2) is 9.97 Å². The van der Waals surface area contributed by atoms with E-state index in [1.807, 2.05) is 11.3 Å². The van der Waals surface area contributed by atoms with Crippen LogP contribution in [0.5, 0.6) is 0 Å². The molecule has 7 heteroatoms. The van der Waals surface area contributed by atoms with Crippen molar-refractivity contribution in [1.29, 1.82) is 0 Å². The van der Waals surface area contributed by atoms with Gasteiger partial charge in [-0.1, -0.05) is 0 Å². The van der Waals surface area contributed by atoms with Crippen LogP contribution >= 0.6 is 11.3 Å². The summed E-state index contributed by atoms with van der Waals surface area (Å²) >= 11 is 1.84. The minimum Gasteiger partial charge on any atom is -0.395 e. The van der Waals surface area contributed by atoms with Gasteiger partial charge in [0.2, 0.25) is 0 Å². The Labute approximate surface area is 145 Å². The molecule has 1 saturated heterocycles. The minimum absolute atomic E-state index is 0.113. The molecule has 0 unspecified atom stereocenters. The Morgan fingerprint density at radius 1 is 1.17 bits per heavy atom. The minimum atomic E-state index is 0.113. The number of aromatic nitrogens is 2. The number of quaternary nitrogens is 1. The smallest absolute Gasteiger partial charge is 0.187 e. The Bertz CT molecular complexity index is 712. The molecule has 1 fully saturated rings. The Morgan fingerprint density at radius 3 is 2.83 bits per heavy atom. The molecule has 2 aromatic rings. The summed E-state index contributed by atoms with van der Waals surface area (Å²) in [6.07, 6.45) is 4.82. The van der Waals surface area contributed by atoms with Crippen LogP contribution in [0.15, 0.2) is 0 Å². The number of aliphatic hydroxyl groups excluding tert-OH is 1. The van der Waals surface area contributed by atoms with Crippen molar-refractivity contribution >= 4 is 27.4 Å². The average molecular weight is 349 g/mol. The van der Waals surface area contributed by atoms with Crippen molar-refractivity contribution in [2.45, 2.75) is 32.2 Å². The van der Waals surface area contributed by atoms with Crippen molar-refractivity contribution in [3.8, 4) is 0 Å². The number of ether oxygens (including phenoxy) is 1. The largest absolute Gasteiger partial charge is 0.395 e. The molecule has 130 valence electrons. The van der Waals surface area contributed by atoms with Crippen molar-refractivity contribution in [2.24, 2.45) is 0 Å². The van der Waals surface area contributed by atoms with Gasteiger partial charge >= 0.3 is 0 Å². The lowest BCUT2D eigenvalue weighted by Gasteiger charge is -2.23. The van der Waals surface area contributed by atoms with E-state index >= 15 is 0 Å². The van der Waals surface area contributed by atoms with E-state index in [9.17, 15) is 5.11 Å². The Morgan fingerprint density at radius 2 is 2.00 bits per heavy atom. The number of anilines is 1. The standard InChI is InChI=1S/C17H24N4O2S/c22-8-5-18-16-15-12-3-1-2-4-13(12)24-17(15)20-14(19-16)11-21-6-9-23-10-7-21/h22H,1-11H2,(H,18,19,20)/p+1. The highest BCUT2D eigenvalue weighted by molar-refractivity contribution is 7.19. The van der Waals surface area contributed by atoms with E-state index in [1.54, 1.807) is 0 Å². The lowest BCUT2D eigenvalue weighted by Crippen LogP contribution is -3.12. The van der Waals surface area contributed by atoms with Gasteiger partial charge in [0.25, 0.3) is 0 Å². The number of hydrogen-bond acceptors (Lipinski definition) is 6. The number of aryl methyl sites for hydroxylation is 2. The molecular weight excluding hydrogens is 324 g/mol. The van der Waals surface area contributed by atoms with Gasteiger partial charge in [-0.2, -0.15) is 0 Å². The molecule has 24 heavy (non-hydrogen) atoms. The van der Waals surface area contributed by atoms with Crippen LogP contribution in [0.25, 0.3) is 10.2 Å². The average Bonchev–Trinajstić information content (AvgIpc) is 2.99. The highest BCUT2D eigenvalue weighted by Gasteiger charge is 2.23. The number of thiophene rings is 1. The fourth-order valence-corrected chi connectivity index (χ4v) is 4.92. The predicted molar refractivity (Wildman–Crippen MR) is 94.9 cm³/mol. The first-order valence-corrected chi connectivity index (χ1v) is 9.74. The third-order valence-corrected chi connectivity index (χ3v) is 6.06. The van der Waals surface area contributed by atoms with E-state index in [2.05, 4.69) is 5.32 Å². The molecular formula is C17H25N4O2S+. The molecule has 2 aromatic heterocycles. The maximum atomic E-state index is 9.20. The molecule has 1 aliphatic heterocycles. The number of morpholine rings is 1. The molecule has 0 radical (unpaired) electrons. The topological polar surface area (TPSA) is 71.7 Å². The van der Waals surface area contributed by atoms with Gasteiger partial charge in [-0.15, -0.1) is 11.3 Å². The zero-order valence-electron chi connectivity index (χ0n) is 13.9. The number of nitrogens with zero attached hydrogens (tertiary/aromatic N) is 2. The van der Waals surface area contributed by atoms with Crippen LogP contribution in [-0.2, 0) is 24.1 Å². The summed E-state index contributed by atoms with van der Waals surface area (Å²) in [5.41, 5.74) is 1.44. The van der Waals surface area contributed by atoms with Crippen LogP contribution < -0.4 is 10.2 Å². The quantitative estimate of drug-likeness (QED) is 0.728. The van der Waals surface area contributed by atoms with Crippen molar-refractivity contribution in [2.75, 3.05) is 44.8 Å². The fraction of sp³-hybridized carbons (Fsp3) is 0.647. The molecule has 0 atom stereocenters. The lowest BCUT2D eigenvalue weighted by molar-refractivity contribution is -0.922. The van der Waals surface area contributed by atoms with Gasteiger partial charge in [0.15, 0.2) is 5.82 Å². The molecule has 0 spiro atoms. The summed E-state index contributed by atoms with van der Waals surface area (Å²) in [6.45, 7) is 5.16. The second-order valence-electron chi connectivity index (χ2n) is 6.57. The van der Waals surface area contributed by atoms with Crippen molar-refractivity contribution in [3.63, 3.8) is 0 Å². The van der Waals surface area contributed by atoms with Crippen LogP contribution in [-0.4, -0.2) is 54.5 Å². The molecule has 0 amide bonds. The summed E-state index contributed by atoms with van der Waals surface area (Å²) in [7, 11) is 0. The number of aliphatic hydroxyl groups is 1. The van der Waals surface area contributed by atoms with E-state index in [-0.39, 0.29) is 6.61 Å². The van der Waals surface area contributed by atoms with Gasteiger partial charge in [-0.3, -0.25) is 0 Å². The Kier molecular flexibility index (Phi) is 4.93. The van der Waals surface area contributed by atoms with Crippen LogP contribution in [0.4, 0.5) is 5.82 Å². The maximum Gasteiger partial charge on any atom is 0.187 e. The normalized spacial score (nSPS) is 18.7. The third-order valence-electron chi connectivity index (χ3n) is 4.87. The third kappa shape index (κ3) is 3.26. The molecule has 4 rings (SSSR count). The van der Waals surface area contributed by atoms with Crippen LogP contribution in [0.2, 0.25) is 0 Å². The highest BCUT2D eigenvalue weighted by atomic mass is 32.1. The molecule has 0 saturated carbocycles. The fourth-order valence-electron chi connectivity index (χ4n) is 3.64. The second-order valence-corrected chi connectivity index (χ2v) is 7.65. The Hall–Kier alpha value is -1.28. The van der Waals surface area contributed by atoms with Gasteiger partial charge in [0.1, 0.15) is 30.3 Å². The van der Waals surface area contributed by atoms with E-state index in [1.165, 1.54) is 40.0 Å². The van der Waals surface area contributed by atoms with E-state index in [0.717, 1.165) is 55.7 Å². The first kappa shape index (κ1) is 16.2. The van der Waals surface area contributed by atoms with Crippen molar-refractivity contribution < 1.29 is 14.7 Å². The summed E-state index contributed by atoms with van der Waals surface area (Å²) in [5, 5.41) is 13.7. The van der Waals surface area contributed by atoms with E-state index in [4.69, 9.17) is 14.7 Å². The molecule has 1 aliphatic carbocycles. The summed E-state index contributed by atoms with van der Waals surface area (Å²) in [6, 6.07) is 0. The zero-order valence-corrected chi connectivity index (χ0v) is 14.8. The molecule has 2 aliphatic rings. The predicted octanol–water partition coefficient (Wildman–Crippen LogP) is 0.389. The monoisotopic (exact) mass is 349 g/mol. The first-order chi connectivity index (χ1) is 11.8. The molecule has 3 heterocycles. The molecule has 3 N–H and O–H groups in total. The van der Waals surface area contributed by atoms with E-state index in [0.29, 0.717) is 6.54 Å². The summed E-state index contributed by atoms with van der Waals surface area (Å²) < 4.78 is 5.44. The molecule has 0 aromatic carbocycles. The number of fused-ring (bicyclic) bond motifs is 3. The van der Waals surface area contributed by atoms with Crippen LogP contribution in [0.3, 0.4) is 0 Å². The van der Waals surface area contributed by atoms with Gasteiger partial charge < -0.3 is 20.1 Å². The summed E-state index contributed by atoms with van der Waals surface area (Å²) in [4.78, 5) is 13.8. The Balaban J connectivity index is 1.69. The van der Waals surface area contributed by atoms with Crippen molar-refractivity contribution in [3.05, 3.63) is 16.3 Å². The highest BCUT2D eigenvalue weighted by Crippen LogP contribution is 2.38. The van der Waals surface area contributed by atoms with Gasteiger partial charge in [-0.05, 0) is 31.2 Å². The summed E-state index contributed by atoms with van der Waals surface area (Å²) in [5.74, 6) is 1.81. The van der Waals surface area contributed by atoms with Crippen molar-refractivity contribution in [1.82, 2.24) is 9.97 Å². The van der Waals surface area contributed by atoms with E-state index < -0.39 is 0 Å². The van der Waals surface area contributed by atoms with Crippen LogP contribution in [0, 0.1) is 0 Å². The molecule has 6 nitrogen and oxygen atoms in total. The zero-order chi connectivity index (χ0) is 16.4. The maximum absolute atomic E-state index is 9.20. The number of hydrogen-bond donors (Lipinski definition) is 3. The van der Waals surface area contributed by atoms with Gasteiger partial charge in [0.05, 0.1) is 25.2 Å². The van der Waals surface area contributed by atoms with Gasteiger partial charge in [0, 0.05) is 11.4 Å². The SMILES string of the molecule is OCCNc1nc(C[NH+]2CCOCC2)nc2sc3c(c12)CCCC3. The lowest BCUT2D eigenvalue weighted by atomic mass is 9.97. The second kappa shape index (κ2) is 7.31. The molecule has 0 bridgehead atoms. The first-order valence-electron chi connectivity index (χ1n) is 8.92. The van der Waals surface area contributed by atoms with Crippen LogP contribution in [0.1, 0.15) is 29.1 Å². The number of nitrogens with one attached hydrogen (secondary N) is 2. The number of rotatable bonds is 5.